The van der Waals surface area contributed by atoms with Gasteiger partial charge in [-0.05, 0) is 34.2 Å². The van der Waals surface area contributed by atoms with Gasteiger partial charge < -0.3 is 10.2 Å². The van der Waals surface area contributed by atoms with Crippen LogP contribution >= 0.6 is 0 Å². The predicted molar refractivity (Wildman–Crippen MR) is 101 cm³/mol. The molecule has 1 N–H and O–H groups in total. The third kappa shape index (κ3) is 3.82. The summed E-state index contributed by atoms with van der Waals surface area (Å²) >= 11 is 0. The zero-order valence-corrected chi connectivity index (χ0v) is 14.8. The third-order valence-electron chi connectivity index (χ3n) is 4.42. The second kappa shape index (κ2) is 6.59. The third-order valence-corrected chi connectivity index (χ3v) is 4.42. The maximum atomic E-state index is 10.7. The van der Waals surface area contributed by atoms with E-state index in [2.05, 4.69) is 62.5 Å². The van der Waals surface area contributed by atoms with E-state index in [0.717, 1.165) is 24.0 Å². The number of hydrogen-bond acceptors (Lipinski definition) is 4. The van der Waals surface area contributed by atoms with Crippen LogP contribution in [-0.4, -0.2) is 18.0 Å². The van der Waals surface area contributed by atoms with Gasteiger partial charge in [0.05, 0.1) is 4.92 Å². The first kappa shape index (κ1) is 17.0. The van der Waals surface area contributed by atoms with Crippen LogP contribution in [0.25, 0.3) is 11.1 Å². The molecular weight excluding hydrogens is 314 g/mol. The summed E-state index contributed by atoms with van der Waals surface area (Å²) in [7, 11) is 0. The first-order valence-corrected chi connectivity index (χ1v) is 8.42. The molecule has 1 aliphatic rings. The molecule has 1 saturated heterocycles. The monoisotopic (exact) mass is 337 g/mol. The van der Waals surface area contributed by atoms with Crippen molar-refractivity contribution in [3.63, 3.8) is 0 Å². The van der Waals surface area contributed by atoms with Gasteiger partial charge >= 0.3 is 0 Å². The van der Waals surface area contributed by atoms with Crippen LogP contribution in [0, 0.1) is 10.1 Å². The molecule has 0 atom stereocenters. The number of benzene rings is 2. The van der Waals surface area contributed by atoms with Crippen molar-refractivity contribution in [1.29, 1.82) is 0 Å². The molecule has 130 valence electrons. The first-order valence-electron chi connectivity index (χ1n) is 8.42. The highest BCUT2D eigenvalue weighted by molar-refractivity contribution is 5.67. The van der Waals surface area contributed by atoms with Crippen LogP contribution in [0.15, 0.2) is 60.6 Å². The lowest BCUT2D eigenvalue weighted by atomic mass is 9.86. The lowest BCUT2D eigenvalue weighted by molar-refractivity contribution is -0.403. The molecule has 0 aliphatic carbocycles. The highest BCUT2D eigenvalue weighted by atomic mass is 16.6. The van der Waals surface area contributed by atoms with Crippen LogP contribution in [0.4, 0.5) is 5.69 Å². The fraction of sp³-hybridized carbons (Fsp3) is 0.300. The quantitative estimate of drug-likeness (QED) is 0.675. The second-order valence-corrected chi connectivity index (χ2v) is 7.25. The van der Waals surface area contributed by atoms with Crippen molar-refractivity contribution < 1.29 is 4.92 Å². The molecule has 1 fully saturated rings. The lowest BCUT2D eigenvalue weighted by Crippen LogP contribution is -2.20. The summed E-state index contributed by atoms with van der Waals surface area (Å²) in [5, 5.41) is 13.8. The van der Waals surface area contributed by atoms with Gasteiger partial charge in [0.15, 0.2) is 5.82 Å². The van der Waals surface area contributed by atoms with Crippen molar-refractivity contribution >= 4 is 5.69 Å². The van der Waals surface area contributed by atoms with E-state index in [0.29, 0.717) is 12.4 Å². The number of hydrogen-bond donors (Lipinski definition) is 1. The number of nitrogens with zero attached hydrogens (tertiary/aromatic N) is 2. The van der Waals surface area contributed by atoms with Crippen molar-refractivity contribution in [1.82, 2.24) is 5.32 Å². The van der Waals surface area contributed by atoms with Gasteiger partial charge in [-0.15, -0.1) is 0 Å². The molecule has 0 radical (unpaired) electrons. The Balaban J connectivity index is 1.82. The molecule has 2 aromatic carbocycles. The highest BCUT2D eigenvalue weighted by Gasteiger charge is 2.21. The number of anilines is 1. The molecule has 25 heavy (non-hydrogen) atoms. The molecule has 0 aromatic heterocycles. The Morgan fingerprint density at radius 1 is 1.04 bits per heavy atom. The fourth-order valence-electron chi connectivity index (χ4n) is 2.99. The van der Waals surface area contributed by atoms with Crippen LogP contribution in [-0.2, 0) is 5.41 Å². The molecule has 0 bridgehead atoms. The van der Waals surface area contributed by atoms with E-state index in [4.69, 9.17) is 0 Å². The Bertz CT molecular complexity index is 787. The van der Waals surface area contributed by atoms with Crippen LogP contribution in [0.1, 0.15) is 26.3 Å². The van der Waals surface area contributed by atoms with Gasteiger partial charge in [0, 0.05) is 18.8 Å². The van der Waals surface area contributed by atoms with Gasteiger partial charge in [-0.3, -0.25) is 10.1 Å². The topological polar surface area (TPSA) is 58.4 Å². The van der Waals surface area contributed by atoms with Gasteiger partial charge in [0.1, 0.15) is 0 Å². The van der Waals surface area contributed by atoms with Crippen LogP contribution in [0.3, 0.4) is 0 Å². The predicted octanol–water partition coefficient (Wildman–Crippen LogP) is 4.14. The minimum absolute atomic E-state index is 0.144. The average Bonchev–Trinajstić information content (AvgIpc) is 3.02. The van der Waals surface area contributed by atoms with Gasteiger partial charge in [-0.1, -0.05) is 57.2 Å². The van der Waals surface area contributed by atoms with Gasteiger partial charge in [0.25, 0.3) is 6.20 Å². The SMILES string of the molecule is CC(C)(C)c1ccc(-c2ccc(N3CCNC3=C[N+](=O)[O-])cc2)cc1. The smallest absolute Gasteiger partial charge is 0.274 e. The molecule has 0 unspecified atom stereocenters. The first-order chi connectivity index (χ1) is 11.8. The molecule has 1 aliphatic heterocycles. The maximum absolute atomic E-state index is 10.7. The molecular formula is C20H23N3O2. The minimum Gasteiger partial charge on any atom is -0.365 e. The molecule has 0 spiro atoms. The number of nitro groups is 1. The molecule has 3 rings (SSSR count). The lowest BCUT2D eigenvalue weighted by Gasteiger charge is -2.19. The summed E-state index contributed by atoms with van der Waals surface area (Å²) in [5.74, 6) is 0.535. The molecule has 1 heterocycles. The summed E-state index contributed by atoms with van der Waals surface area (Å²) < 4.78 is 0. The molecule has 0 saturated carbocycles. The van der Waals surface area contributed by atoms with Crippen molar-refractivity contribution in [2.75, 3.05) is 18.0 Å². The maximum Gasteiger partial charge on any atom is 0.274 e. The van der Waals surface area contributed by atoms with Crippen molar-refractivity contribution in [3.8, 4) is 11.1 Å². The standard InChI is InChI=1S/C20H23N3O2/c1-20(2,3)17-8-4-15(5-9-17)16-6-10-18(11-7-16)22-13-12-21-19(22)14-23(24)25/h4-11,14,21H,12-13H2,1-3H3. The average molecular weight is 337 g/mol. The summed E-state index contributed by atoms with van der Waals surface area (Å²) in [6.45, 7) is 8.04. The summed E-state index contributed by atoms with van der Waals surface area (Å²) in [6, 6.07) is 16.8. The van der Waals surface area contributed by atoms with E-state index < -0.39 is 4.92 Å². The van der Waals surface area contributed by atoms with Crippen molar-refractivity contribution in [3.05, 3.63) is 76.2 Å². The van der Waals surface area contributed by atoms with Crippen LogP contribution < -0.4 is 10.2 Å². The van der Waals surface area contributed by atoms with E-state index in [-0.39, 0.29) is 5.41 Å². The van der Waals surface area contributed by atoms with E-state index in [9.17, 15) is 10.1 Å². The Morgan fingerprint density at radius 2 is 1.60 bits per heavy atom. The Kier molecular flexibility index (Phi) is 4.49. The Labute approximate surface area is 148 Å². The second-order valence-electron chi connectivity index (χ2n) is 7.25. The number of nitrogens with one attached hydrogen (secondary N) is 1. The van der Waals surface area contributed by atoms with E-state index in [1.165, 1.54) is 11.1 Å². The normalized spacial score (nSPS) is 16.1. The van der Waals surface area contributed by atoms with Crippen LogP contribution in [0.5, 0.6) is 0 Å². The molecule has 2 aromatic rings. The van der Waals surface area contributed by atoms with E-state index >= 15 is 0 Å². The largest absolute Gasteiger partial charge is 0.365 e. The zero-order valence-electron chi connectivity index (χ0n) is 14.8. The highest BCUT2D eigenvalue weighted by Crippen LogP contribution is 2.28. The zero-order chi connectivity index (χ0) is 18.0. The molecule has 5 nitrogen and oxygen atoms in total. The van der Waals surface area contributed by atoms with Gasteiger partial charge in [-0.2, -0.15) is 0 Å². The van der Waals surface area contributed by atoms with Gasteiger partial charge in [-0.25, -0.2) is 0 Å². The Hall–Kier alpha value is -2.82. The number of rotatable bonds is 3. The fourth-order valence-corrected chi connectivity index (χ4v) is 2.99. The van der Waals surface area contributed by atoms with E-state index in [1.54, 1.807) is 0 Å². The minimum atomic E-state index is -0.425. The van der Waals surface area contributed by atoms with Crippen LogP contribution in [0.2, 0.25) is 0 Å². The van der Waals surface area contributed by atoms with Gasteiger partial charge in [0.2, 0.25) is 0 Å². The summed E-state index contributed by atoms with van der Waals surface area (Å²) in [6.07, 6.45) is 1.02. The van der Waals surface area contributed by atoms with Crippen molar-refractivity contribution in [2.45, 2.75) is 26.2 Å². The summed E-state index contributed by atoms with van der Waals surface area (Å²) in [4.78, 5) is 12.2. The van der Waals surface area contributed by atoms with E-state index in [1.807, 2.05) is 17.0 Å². The Morgan fingerprint density at radius 3 is 2.12 bits per heavy atom. The molecule has 5 heteroatoms. The molecule has 0 amide bonds. The van der Waals surface area contributed by atoms with Crippen molar-refractivity contribution in [2.24, 2.45) is 0 Å². The summed E-state index contributed by atoms with van der Waals surface area (Å²) in [5.41, 5.74) is 4.71.